The lowest BCUT2D eigenvalue weighted by Crippen LogP contribution is -2.33. The van der Waals surface area contributed by atoms with Crippen molar-refractivity contribution in [3.63, 3.8) is 0 Å². The highest BCUT2D eigenvalue weighted by atomic mass is 35.5. The van der Waals surface area contributed by atoms with Crippen LogP contribution in [0.15, 0.2) is 34.9 Å². The topological polar surface area (TPSA) is 73.6 Å². The van der Waals surface area contributed by atoms with Gasteiger partial charge in [0.2, 0.25) is 5.91 Å². The zero-order chi connectivity index (χ0) is 18.2. The van der Waals surface area contributed by atoms with Gasteiger partial charge in [-0.3, -0.25) is 4.79 Å². The monoisotopic (exact) mass is 378 g/mol. The van der Waals surface area contributed by atoms with Gasteiger partial charge < -0.3 is 19.3 Å². The van der Waals surface area contributed by atoms with Gasteiger partial charge in [0.25, 0.3) is 0 Å². The number of amides is 1. The molecule has 1 saturated heterocycles. The summed E-state index contributed by atoms with van der Waals surface area (Å²) >= 11 is 5.85. The van der Waals surface area contributed by atoms with Crippen LogP contribution in [-0.4, -0.2) is 30.8 Å². The SMILES string of the molecule is O=C(Cc1cc(COCc2ccc(Cl)cc2)on1)NCC1CCOCC1. The number of hydrogen-bond acceptors (Lipinski definition) is 5. The third-order valence-corrected chi connectivity index (χ3v) is 4.56. The van der Waals surface area contributed by atoms with Crippen molar-refractivity contribution in [3.8, 4) is 0 Å². The van der Waals surface area contributed by atoms with Crippen molar-refractivity contribution in [2.75, 3.05) is 19.8 Å². The predicted octanol–water partition coefficient (Wildman–Crippen LogP) is 3.13. The van der Waals surface area contributed by atoms with Crippen molar-refractivity contribution < 1.29 is 18.8 Å². The van der Waals surface area contributed by atoms with E-state index < -0.39 is 0 Å². The molecule has 1 fully saturated rings. The van der Waals surface area contributed by atoms with Gasteiger partial charge in [0, 0.05) is 30.8 Å². The highest BCUT2D eigenvalue weighted by Crippen LogP contribution is 2.14. The molecule has 26 heavy (non-hydrogen) atoms. The number of carbonyl (C=O) groups is 1. The van der Waals surface area contributed by atoms with Crippen LogP contribution in [0, 0.1) is 5.92 Å². The van der Waals surface area contributed by atoms with Crippen LogP contribution in [0.5, 0.6) is 0 Å². The predicted molar refractivity (Wildman–Crippen MR) is 96.7 cm³/mol. The van der Waals surface area contributed by atoms with Crippen molar-refractivity contribution in [2.24, 2.45) is 5.92 Å². The molecule has 1 aliphatic rings. The standard InChI is InChI=1S/C19H23ClN2O4/c20-16-3-1-15(2-4-16)12-25-13-18-9-17(22-26-18)10-19(23)21-11-14-5-7-24-8-6-14/h1-4,9,14H,5-8,10-13H2,(H,21,23). The van der Waals surface area contributed by atoms with Crippen molar-refractivity contribution >= 4 is 17.5 Å². The maximum atomic E-state index is 12.0. The van der Waals surface area contributed by atoms with Gasteiger partial charge in [0.15, 0.2) is 5.76 Å². The number of rotatable bonds is 8. The third-order valence-electron chi connectivity index (χ3n) is 4.30. The Morgan fingerprint density at radius 1 is 1.23 bits per heavy atom. The molecule has 0 radical (unpaired) electrons. The molecule has 1 aromatic carbocycles. The molecule has 6 nitrogen and oxygen atoms in total. The third kappa shape index (κ3) is 6.12. The number of aromatic nitrogens is 1. The zero-order valence-corrected chi connectivity index (χ0v) is 15.3. The quantitative estimate of drug-likeness (QED) is 0.763. The molecular formula is C19H23ClN2O4. The van der Waals surface area contributed by atoms with Crippen LogP contribution in [0.25, 0.3) is 0 Å². The smallest absolute Gasteiger partial charge is 0.226 e. The number of hydrogen-bond donors (Lipinski definition) is 1. The van der Waals surface area contributed by atoms with Crippen LogP contribution in [0.3, 0.4) is 0 Å². The summed E-state index contributed by atoms with van der Waals surface area (Å²) in [5, 5.41) is 7.59. The van der Waals surface area contributed by atoms with Crippen molar-refractivity contribution in [3.05, 3.63) is 52.4 Å². The lowest BCUT2D eigenvalue weighted by Gasteiger charge is -2.21. The second kappa shape index (κ2) is 9.71. The van der Waals surface area contributed by atoms with E-state index in [1.54, 1.807) is 6.07 Å². The minimum atomic E-state index is -0.0431. The molecule has 0 bridgehead atoms. The first-order chi connectivity index (χ1) is 12.7. The maximum Gasteiger partial charge on any atom is 0.226 e. The van der Waals surface area contributed by atoms with Crippen LogP contribution in [0.4, 0.5) is 0 Å². The Morgan fingerprint density at radius 2 is 2.00 bits per heavy atom. The van der Waals surface area contributed by atoms with E-state index in [-0.39, 0.29) is 12.3 Å². The first kappa shape index (κ1) is 18.9. The van der Waals surface area contributed by atoms with Gasteiger partial charge in [-0.15, -0.1) is 0 Å². The molecule has 0 atom stereocenters. The van der Waals surface area contributed by atoms with Crippen molar-refractivity contribution in [1.29, 1.82) is 0 Å². The zero-order valence-electron chi connectivity index (χ0n) is 14.6. The average Bonchev–Trinajstić information content (AvgIpc) is 3.10. The normalized spacial score (nSPS) is 15.1. The lowest BCUT2D eigenvalue weighted by molar-refractivity contribution is -0.120. The summed E-state index contributed by atoms with van der Waals surface area (Å²) in [6, 6.07) is 9.24. The Balaban J connectivity index is 1.36. The second-order valence-corrected chi connectivity index (χ2v) is 6.88. The summed E-state index contributed by atoms with van der Waals surface area (Å²) in [4.78, 5) is 12.0. The molecule has 140 valence electrons. The van der Waals surface area contributed by atoms with Gasteiger partial charge in [-0.2, -0.15) is 0 Å². The molecule has 1 N–H and O–H groups in total. The lowest BCUT2D eigenvalue weighted by atomic mass is 10.0. The van der Waals surface area contributed by atoms with Gasteiger partial charge in [0.05, 0.1) is 18.7 Å². The molecule has 1 aromatic heterocycles. The maximum absolute atomic E-state index is 12.0. The number of ether oxygens (including phenoxy) is 2. The molecule has 1 amide bonds. The number of halogens is 1. The molecule has 0 aliphatic carbocycles. The Bertz CT molecular complexity index is 696. The summed E-state index contributed by atoms with van der Waals surface area (Å²) in [7, 11) is 0. The van der Waals surface area contributed by atoms with Gasteiger partial charge in [0.1, 0.15) is 6.61 Å². The molecule has 1 aliphatic heterocycles. The Kier molecular flexibility index (Phi) is 7.05. The van der Waals surface area contributed by atoms with Crippen LogP contribution in [0.2, 0.25) is 5.02 Å². The van der Waals surface area contributed by atoms with Gasteiger partial charge >= 0.3 is 0 Å². The van der Waals surface area contributed by atoms with E-state index in [0.717, 1.165) is 31.6 Å². The molecule has 2 aromatic rings. The van der Waals surface area contributed by atoms with Gasteiger partial charge in [-0.05, 0) is 36.5 Å². The molecule has 0 saturated carbocycles. The van der Waals surface area contributed by atoms with E-state index in [1.165, 1.54) is 0 Å². The van der Waals surface area contributed by atoms with E-state index in [2.05, 4.69) is 10.5 Å². The fraction of sp³-hybridized carbons (Fsp3) is 0.474. The summed E-state index contributed by atoms with van der Waals surface area (Å²) in [5.41, 5.74) is 1.64. The average molecular weight is 379 g/mol. The fourth-order valence-electron chi connectivity index (χ4n) is 2.79. The highest BCUT2D eigenvalue weighted by molar-refractivity contribution is 6.30. The van der Waals surface area contributed by atoms with Crippen LogP contribution in [0.1, 0.15) is 29.9 Å². The fourth-order valence-corrected chi connectivity index (χ4v) is 2.92. The van der Waals surface area contributed by atoms with Crippen LogP contribution in [-0.2, 0) is 33.9 Å². The first-order valence-corrected chi connectivity index (χ1v) is 9.18. The van der Waals surface area contributed by atoms with E-state index in [0.29, 0.717) is 42.2 Å². The van der Waals surface area contributed by atoms with Gasteiger partial charge in [-0.25, -0.2) is 0 Å². The van der Waals surface area contributed by atoms with E-state index in [1.807, 2.05) is 24.3 Å². The molecule has 7 heteroatoms. The van der Waals surface area contributed by atoms with Gasteiger partial charge in [-0.1, -0.05) is 28.9 Å². The largest absolute Gasteiger partial charge is 0.381 e. The molecular weight excluding hydrogens is 356 g/mol. The summed E-state index contributed by atoms with van der Waals surface area (Å²) < 4.78 is 16.1. The van der Waals surface area contributed by atoms with Crippen molar-refractivity contribution in [1.82, 2.24) is 10.5 Å². The summed E-state index contributed by atoms with van der Waals surface area (Å²) in [6.45, 7) is 3.02. The number of nitrogens with one attached hydrogen (secondary N) is 1. The van der Waals surface area contributed by atoms with Crippen molar-refractivity contribution in [2.45, 2.75) is 32.5 Å². The van der Waals surface area contributed by atoms with Crippen LogP contribution >= 0.6 is 11.6 Å². The number of carbonyl (C=O) groups excluding carboxylic acids is 1. The van der Waals surface area contributed by atoms with Crippen LogP contribution < -0.4 is 5.32 Å². The summed E-state index contributed by atoms with van der Waals surface area (Å²) in [5.74, 6) is 1.06. The molecule has 0 spiro atoms. The molecule has 2 heterocycles. The second-order valence-electron chi connectivity index (χ2n) is 6.44. The Hall–Kier alpha value is -1.89. The summed E-state index contributed by atoms with van der Waals surface area (Å²) in [6.07, 6.45) is 2.21. The van der Waals surface area contributed by atoms with E-state index in [4.69, 9.17) is 25.6 Å². The molecule has 0 unspecified atom stereocenters. The minimum absolute atomic E-state index is 0.0431. The first-order valence-electron chi connectivity index (χ1n) is 8.80. The van der Waals surface area contributed by atoms with E-state index in [9.17, 15) is 4.79 Å². The Morgan fingerprint density at radius 3 is 2.77 bits per heavy atom. The Labute approximate surface area is 157 Å². The number of benzene rings is 1. The molecule has 3 rings (SSSR count). The van der Waals surface area contributed by atoms with E-state index >= 15 is 0 Å². The number of nitrogens with zero attached hydrogens (tertiary/aromatic N) is 1. The highest BCUT2D eigenvalue weighted by Gasteiger charge is 2.15. The minimum Gasteiger partial charge on any atom is -0.381 e.